The highest BCUT2D eigenvalue weighted by molar-refractivity contribution is 5.85. The lowest BCUT2D eigenvalue weighted by Crippen LogP contribution is -2.47. The lowest BCUT2D eigenvalue weighted by atomic mass is 9.91. The van der Waals surface area contributed by atoms with Gasteiger partial charge in [-0.25, -0.2) is 0 Å². The minimum atomic E-state index is -0.118. The highest BCUT2D eigenvalue weighted by Crippen LogP contribution is 2.21. The Balaban J connectivity index is 2.13. The smallest absolute Gasteiger partial charge is 0.242 e. The van der Waals surface area contributed by atoms with Crippen molar-refractivity contribution in [2.24, 2.45) is 5.41 Å². The van der Waals surface area contributed by atoms with Crippen LogP contribution >= 0.6 is 0 Å². The molecule has 0 spiro atoms. The zero-order valence-electron chi connectivity index (χ0n) is 19.1. The van der Waals surface area contributed by atoms with Crippen LogP contribution in [-0.4, -0.2) is 40.7 Å². The lowest BCUT2D eigenvalue weighted by Gasteiger charge is -2.33. The molecule has 0 bridgehead atoms. The first-order valence-corrected chi connectivity index (χ1v) is 10.8. The van der Waals surface area contributed by atoms with Gasteiger partial charge in [0.15, 0.2) is 0 Å². The van der Waals surface area contributed by atoms with Gasteiger partial charge >= 0.3 is 0 Å². The van der Waals surface area contributed by atoms with Gasteiger partial charge in [0.1, 0.15) is 12.3 Å². The normalized spacial score (nSPS) is 12.4. The average Bonchev–Trinajstić information content (AvgIpc) is 3.21. The van der Waals surface area contributed by atoms with Gasteiger partial charge in [0.2, 0.25) is 11.8 Å². The van der Waals surface area contributed by atoms with E-state index in [1.165, 1.54) is 5.56 Å². The van der Waals surface area contributed by atoms with Crippen molar-refractivity contribution >= 4 is 11.8 Å². The molecule has 164 valence electrons. The van der Waals surface area contributed by atoms with Gasteiger partial charge < -0.3 is 14.2 Å². The zero-order valence-corrected chi connectivity index (χ0v) is 19.1. The molecule has 0 aliphatic heterocycles. The van der Waals surface area contributed by atoms with E-state index in [1.54, 1.807) is 16.1 Å². The highest BCUT2D eigenvalue weighted by Gasteiger charge is 2.28. The number of hydrogen-bond acceptors (Lipinski definition) is 3. The first-order valence-electron chi connectivity index (χ1n) is 10.8. The monoisotopic (exact) mass is 412 g/mol. The van der Waals surface area contributed by atoms with E-state index in [9.17, 15) is 9.59 Å². The van der Waals surface area contributed by atoms with Gasteiger partial charge in [0.05, 0.1) is 12.8 Å². The molecule has 5 heteroatoms. The van der Waals surface area contributed by atoms with E-state index in [4.69, 9.17) is 4.42 Å². The number of furan rings is 1. The fraction of sp³-hybridized carbons (Fsp3) is 0.520. The largest absolute Gasteiger partial charge is 0.467 e. The zero-order chi connectivity index (χ0) is 22.1. The molecule has 0 aliphatic carbocycles. The maximum absolute atomic E-state index is 13.3. The van der Waals surface area contributed by atoms with E-state index in [0.29, 0.717) is 19.5 Å². The highest BCUT2D eigenvalue weighted by atomic mass is 16.3. The maximum Gasteiger partial charge on any atom is 0.242 e. The first-order chi connectivity index (χ1) is 14.2. The fourth-order valence-electron chi connectivity index (χ4n) is 3.30. The molecule has 1 aromatic heterocycles. The molecule has 0 saturated carbocycles. The molecule has 5 nitrogen and oxygen atoms in total. The Morgan fingerprint density at radius 1 is 1.03 bits per heavy atom. The molecule has 1 unspecified atom stereocenters. The van der Waals surface area contributed by atoms with Crippen LogP contribution in [0, 0.1) is 5.41 Å². The third kappa shape index (κ3) is 7.69. The summed E-state index contributed by atoms with van der Waals surface area (Å²) in [5.74, 6) is 0.726. The van der Waals surface area contributed by atoms with E-state index in [1.807, 2.05) is 65.0 Å². The van der Waals surface area contributed by atoms with Crippen molar-refractivity contribution in [3.05, 3.63) is 60.1 Å². The summed E-state index contributed by atoms with van der Waals surface area (Å²) in [5.41, 5.74) is 1.06. The molecule has 0 saturated heterocycles. The summed E-state index contributed by atoms with van der Waals surface area (Å²) in [5, 5.41) is 0. The Kier molecular flexibility index (Phi) is 8.70. The molecular formula is C25H36N2O3. The second-order valence-electron chi connectivity index (χ2n) is 9.15. The average molecular weight is 413 g/mol. The Labute approximate surface area is 181 Å². The van der Waals surface area contributed by atoms with Crippen LogP contribution < -0.4 is 0 Å². The summed E-state index contributed by atoms with van der Waals surface area (Å²) in [6.45, 7) is 11.3. The minimum Gasteiger partial charge on any atom is -0.467 e. The van der Waals surface area contributed by atoms with Crippen molar-refractivity contribution in [1.82, 2.24) is 9.80 Å². The van der Waals surface area contributed by atoms with Gasteiger partial charge in [-0.15, -0.1) is 0 Å². The van der Waals surface area contributed by atoms with Gasteiger partial charge in [0.25, 0.3) is 0 Å². The van der Waals surface area contributed by atoms with Gasteiger partial charge in [-0.2, -0.15) is 0 Å². The topological polar surface area (TPSA) is 53.8 Å². The quantitative estimate of drug-likeness (QED) is 0.557. The predicted octanol–water partition coefficient (Wildman–Crippen LogP) is 4.91. The van der Waals surface area contributed by atoms with E-state index >= 15 is 0 Å². The number of amides is 2. The summed E-state index contributed by atoms with van der Waals surface area (Å²) in [7, 11) is 0. The number of hydrogen-bond donors (Lipinski definition) is 0. The van der Waals surface area contributed by atoms with Crippen LogP contribution in [0.1, 0.15) is 58.8 Å². The number of carbonyl (C=O) groups is 2. The first kappa shape index (κ1) is 23.7. The third-order valence-corrected chi connectivity index (χ3v) is 5.22. The van der Waals surface area contributed by atoms with Crippen LogP contribution in [0.5, 0.6) is 0 Å². The van der Waals surface area contributed by atoms with Crippen LogP contribution in [0.15, 0.2) is 53.1 Å². The molecule has 2 amide bonds. The minimum absolute atomic E-state index is 0.0170. The van der Waals surface area contributed by atoms with Crippen LogP contribution in [0.3, 0.4) is 0 Å². The Bertz CT molecular complexity index is 778. The SMILES string of the molecule is CCC(C)N(CC(=O)N(CCc1ccccc1)Cc1ccco1)C(=O)CC(C)(C)C. The lowest BCUT2D eigenvalue weighted by molar-refractivity contribution is -0.144. The molecule has 2 aromatic rings. The standard InChI is InChI=1S/C25H36N2O3/c1-6-20(2)27(23(28)17-25(3,4)5)19-24(29)26(18-22-13-10-16-30-22)15-14-21-11-8-7-9-12-21/h7-13,16,20H,6,14-15,17-19H2,1-5H3. The van der Waals surface area contributed by atoms with Gasteiger partial charge in [0, 0.05) is 19.0 Å². The molecule has 0 fully saturated rings. The van der Waals surface area contributed by atoms with E-state index < -0.39 is 0 Å². The van der Waals surface area contributed by atoms with Crippen molar-refractivity contribution in [1.29, 1.82) is 0 Å². The van der Waals surface area contributed by atoms with Crippen molar-refractivity contribution in [2.45, 2.75) is 66.5 Å². The van der Waals surface area contributed by atoms with Crippen LogP contribution in [0.2, 0.25) is 0 Å². The number of nitrogens with zero attached hydrogens (tertiary/aromatic N) is 2. The molecule has 30 heavy (non-hydrogen) atoms. The van der Waals surface area contributed by atoms with Crippen molar-refractivity contribution in [3.63, 3.8) is 0 Å². The number of benzene rings is 1. The molecule has 1 atom stereocenters. The van der Waals surface area contributed by atoms with E-state index in [0.717, 1.165) is 18.6 Å². The van der Waals surface area contributed by atoms with E-state index in [-0.39, 0.29) is 29.8 Å². The van der Waals surface area contributed by atoms with Crippen molar-refractivity contribution < 1.29 is 14.0 Å². The van der Waals surface area contributed by atoms with E-state index in [2.05, 4.69) is 12.1 Å². The van der Waals surface area contributed by atoms with Gasteiger partial charge in [-0.1, -0.05) is 58.0 Å². The summed E-state index contributed by atoms with van der Waals surface area (Å²) >= 11 is 0. The number of carbonyl (C=O) groups excluding carboxylic acids is 2. The van der Waals surface area contributed by atoms with Crippen LogP contribution in [-0.2, 0) is 22.6 Å². The summed E-state index contributed by atoms with van der Waals surface area (Å²) in [4.78, 5) is 29.8. The van der Waals surface area contributed by atoms with Gasteiger partial charge in [-0.3, -0.25) is 9.59 Å². The molecule has 0 radical (unpaired) electrons. The third-order valence-electron chi connectivity index (χ3n) is 5.22. The second kappa shape index (κ2) is 11.0. The fourth-order valence-corrected chi connectivity index (χ4v) is 3.30. The second-order valence-corrected chi connectivity index (χ2v) is 9.15. The predicted molar refractivity (Wildman–Crippen MR) is 120 cm³/mol. The van der Waals surface area contributed by atoms with Crippen LogP contribution in [0.25, 0.3) is 0 Å². The Morgan fingerprint density at radius 2 is 1.73 bits per heavy atom. The Hall–Kier alpha value is -2.56. The van der Waals surface area contributed by atoms with Crippen molar-refractivity contribution in [2.75, 3.05) is 13.1 Å². The number of rotatable bonds is 10. The Morgan fingerprint density at radius 3 is 2.30 bits per heavy atom. The molecule has 2 rings (SSSR count). The summed E-state index contributed by atoms with van der Waals surface area (Å²) in [6.07, 6.45) is 3.61. The van der Waals surface area contributed by atoms with Crippen LogP contribution in [0.4, 0.5) is 0 Å². The molecule has 0 N–H and O–H groups in total. The molecule has 0 aliphatic rings. The molecule has 1 heterocycles. The van der Waals surface area contributed by atoms with Crippen molar-refractivity contribution in [3.8, 4) is 0 Å². The maximum atomic E-state index is 13.3. The molecule has 1 aromatic carbocycles. The summed E-state index contributed by atoms with van der Waals surface area (Å²) < 4.78 is 5.48. The summed E-state index contributed by atoms with van der Waals surface area (Å²) in [6, 6.07) is 13.8. The van der Waals surface area contributed by atoms with Gasteiger partial charge in [-0.05, 0) is 42.9 Å². The molecular weight excluding hydrogens is 376 g/mol.